The summed E-state index contributed by atoms with van der Waals surface area (Å²) < 4.78 is 11.3. The predicted octanol–water partition coefficient (Wildman–Crippen LogP) is 1.13. The Hall–Kier alpha value is -2.79. The van der Waals surface area contributed by atoms with Crippen molar-refractivity contribution >= 4 is 33.6 Å². The number of rotatable bonds is 3. The number of ether oxygens (including phenoxy) is 1. The molecule has 0 atom stereocenters. The molecule has 0 aliphatic carbocycles. The fourth-order valence-corrected chi connectivity index (χ4v) is 2.49. The molecule has 0 spiro atoms. The van der Waals surface area contributed by atoms with Gasteiger partial charge < -0.3 is 26.9 Å². The first-order valence-electron chi connectivity index (χ1n) is 6.89. The average Bonchev–Trinajstić information content (AvgIpc) is 2.95. The topological polar surface area (TPSA) is 60.2 Å². The van der Waals surface area contributed by atoms with Crippen molar-refractivity contribution in [3.05, 3.63) is 54.9 Å². The number of hydrogen-bond donors (Lipinski definition) is 1. The second-order valence-corrected chi connectivity index (χ2v) is 4.82. The smallest absolute Gasteiger partial charge is 0.196 e. The van der Waals surface area contributed by atoms with Crippen LogP contribution in [-0.2, 0) is 0 Å². The molecule has 6 heteroatoms. The highest BCUT2D eigenvalue weighted by atomic mass is 35.5. The first-order valence-corrected chi connectivity index (χ1v) is 6.89. The van der Waals surface area contributed by atoms with Crippen molar-refractivity contribution in [2.24, 2.45) is 0 Å². The molecule has 116 valence electrons. The highest BCUT2D eigenvalue weighted by Crippen LogP contribution is 2.33. The van der Waals surface area contributed by atoms with Crippen LogP contribution in [0, 0.1) is 0 Å². The van der Waals surface area contributed by atoms with Gasteiger partial charge in [-0.05, 0) is 24.3 Å². The number of halogens is 1. The lowest BCUT2D eigenvalue weighted by Gasteiger charge is -2.09. The van der Waals surface area contributed by atoms with Crippen molar-refractivity contribution in [2.45, 2.75) is 0 Å². The van der Waals surface area contributed by atoms with Gasteiger partial charge in [-0.1, -0.05) is 24.3 Å². The summed E-state index contributed by atoms with van der Waals surface area (Å²) in [5, 5.41) is 4.23. The van der Waals surface area contributed by atoms with Crippen LogP contribution in [-0.4, -0.2) is 17.1 Å². The molecule has 2 aromatic heterocycles. The summed E-state index contributed by atoms with van der Waals surface area (Å²) in [6.45, 7) is 0. The molecule has 0 saturated heterocycles. The molecule has 5 nitrogen and oxygen atoms in total. The Morgan fingerprint density at radius 3 is 2.65 bits per heavy atom. The van der Waals surface area contributed by atoms with Crippen LogP contribution < -0.4 is 22.5 Å². The van der Waals surface area contributed by atoms with E-state index in [9.17, 15) is 0 Å². The van der Waals surface area contributed by atoms with Gasteiger partial charge >= 0.3 is 0 Å². The van der Waals surface area contributed by atoms with E-state index in [2.05, 4.69) is 15.3 Å². The Bertz CT molecular complexity index is 968. The highest BCUT2D eigenvalue weighted by Gasteiger charge is 2.13. The molecule has 2 aromatic carbocycles. The van der Waals surface area contributed by atoms with E-state index < -0.39 is 0 Å². The molecule has 0 radical (unpaired) electrons. The van der Waals surface area contributed by atoms with Crippen LogP contribution >= 0.6 is 0 Å². The largest absolute Gasteiger partial charge is 1.00 e. The number of para-hydroxylation sites is 3. The molecule has 0 amide bonds. The molecule has 1 N–H and O–H groups in total. The zero-order valence-electron chi connectivity index (χ0n) is 12.3. The van der Waals surface area contributed by atoms with Gasteiger partial charge in [-0.2, -0.15) is 0 Å². The molecule has 4 rings (SSSR count). The number of benzene rings is 2. The predicted molar refractivity (Wildman–Crippen MR) is 85.6 cm³/mol. The number of furan rings is 1. The van der Waals surface area contributed by atoms with Crippen molar-refractivity contribution in [3.8, 4) is 5.75 Å². The van der Waals surface area contributed by atoms with E-state index in [1.165, 1.54) is 6.33 Å². The van der Waals surface area contributed by atoms with E-state index >= 15 is 0 Å². The van der Waals surface area contributed by atoms with Gasteiger partial charge in [-0.25, -0.2) is 9.97 Å². The van der Waals surface area contributed by atoms with E-state index in [1.807, 2.05) is 48.5 Å². The lowest BCUT2D eigenvalue weighted by atomic mass is 10.2. The molecule has 2 heterocycles. The first kappa shape index (κ1) is 15.1. The lowest BCUT2D eigenvalue weighted by molar-refractivity contribution is -0.00000512. The van der Waals surface area contributed by atoms with Crippen LogP contribution in [0.1, 0.15) is 0 Å². The molecule has 4 aromatic rings. The van der Waals surface area contributed by atoms with E-state index in [1.54, 1.807) is 7.11 Å². The summed E-state index contributed by atoms with van der Waals surface area (Å²) in [6, 6.07) is 15.5. The highest BCUT2D eigenvalue weighted by molar-refractivity contribution is 6.05. The maximum absolute atomic E-state index is 5.90. The normalized spacial score (nSPS) is 10.5. The maximum Gasteiger partial charge on any atom is 0.196 e. The third kappa shape index (κ3) is 2.55. The first-order chi connectivity index (χ1) is 10.9. The van der Waals surface area contributed by atoms with Gasteiger partial charge in [0.05, 0.1) is 12.8 Å². The van der Waals surface area contributed by atoms with Gasteiger partial charge in [-0.3, -0.25) is 0 Å². The second-order valence-electron chi connectivity index (χ2n) is 4.82. The zero-order chi connectivity index (χ0) is 14.9. The van der Waals surface area contributed by atoms with Crippen LogP contribution in [0.5, 0.6) is 5.75 Å². The molecule has 0 fully saturated rings. The van der Waals surface area contributed by atoms with E-state index in [4.69, 9.17) is 9.15 Å². The van der Waals surface area contributed by atoms with Gasteiger partial charge in [0.2, 0.25) is 0 Å². The SMILES string of the molecule is COc1ccccc1Nc1ncnc2c1oc1ccccc12.[Cl-]. The van der Waals surface area contributed by atoms with Crippen molar-refractivity contribution in [1.29, 1.82) is 0 Å². The minimum absolute atomic E-state index is 0. The summed E-state index contributed by atoms with van der Waals surface area (Å²) in [5.41, 5.74) is 3.05. The van der Waals surface area contributed by atoms with Crippen LogP contribution in [0.25, 0.3) is 22.1 Å². The van der Waals surface area contributed by atoms with Gasteiger partial charge in [0.25, 0.3) is 0 Å². The van der Waals surface area contributed by atoms with Gasteiger partial charge in [0, 0.05) is 5.39 Å². The zero-order valence-corrected chi connectivity index (χ0v) is 13.0. The third-order valence-electron chi connectivity index (χ3n) is 3.52. The quantitative estimate of drug-likeness (QED) is 0.611. The number of hydrogen-bond acceptors (Lipinski definition) is 5. The van der Waals surface area contributed by atoms with E-state index in [0.717, 1.165) is 27.9 Å². The van der Waals surface area contributed by atoms with Crippen LogP contribution in [0.4, 0.5) is 11.5 Å². The molecule has 0 aliphatic heterocycles. The third-order valence-corrected chi connectivity index (χ3v) is 3.52. The van der Waals surface area contributed by atoms with Crippen molar-refractivity contribution in [2.75, 3.05) is 12.4 Å². The fourth-order valence-electron chi connectivity index (χ4n) is 2.49. The van der Waals surface area contributed by atoms with Gasteiger partial charge in [-0.15, -0.1) is 0 Å². The number of nitrogens with zero attached hydrogens (tertiary/aromatic N) is 2. The Kier molecular flexibility index (Phi) is 4.04. The Labute approximate surface area is 138 Å². The van der Waals surface area contributed by atoms with E-state index in [-0.39, 0.29) is 12.4 Å². The summed E-state index contributed by atoms with van der Waals surface area (Å²) in [7, 11) is 1.64. The van der Waals surface area contributed by atoms with Crippen LogP contribution in [0.2, 0.25) is 0 Å². The molecule has 0 bridgehead atoms. The van der Waals surface area contributed by atoms with Crippen LogP contribution in [0.15, 0.2) is 59.3 Å². The average molecular weight is 327 g/mol. The molecular weight excluding hydrogens is 314 g/mol. The molecule has 0 aliphatic rings. The summed E-state index contributed by atoms with van der Waals surface area (Å²) >= 11 is 0. The van der Waals surface area contributed by atoms with Crippen LogP contribution in [0.3, 0.4) is 0 Å². The van der Waals surface area contributed by atoms with Gasteiger partial charge in [0.15, 0.2) is 11.4 Å². The van der Waals surface area contributed by atoms with Crippen molar-refractivity contribution < 1.29 is 21.6 Å². The number of anilines is 2. The van der Waals surface area contributed by atoms with E-state index in [0.29, 0.717) is 11.4 Å². The molecule has 0 unspecified atom stereocenters. The maximum atomic E-state index is 5.90. The second kappa shape index (κ2) is 6.14. The Morgan fingerprint density at radius 1 is 1.00 bits per heavy atom. The van der Waals surface area contributed by atoms with Gasteiger partial charge in [0.1, 0.15) is 23.2 Å². The minimum Gasteiger partial charge on any atom is -1.00 e. The summed E-state index contributed by atoms with van der Waals surface area (Å²) in [4.78, 5) is 8.64. The monoisotopic (exact) mass is 326 g/mol. The number of methoxy groups -OCH3 is 1. The standard InChI is InChI=1S/C17H13N3O2.ClH/c1-21-14-9-5-3-7-12(14)20-17-16-15(18-10-19-17)11-6-2-4-8-13(11)22-16;/h2-10H,1H3,(H,18,19,20);1H/p-1. The minimum atomic E-state index is 0. The molecule has 23 heavy (non-hydrogen) atoms. The number of nitrogens with one attached hydrogen (secondary N) is 1. The fraction of sp³-hybridized carbons (Fsp3) is 0.0588. The lowest BCUT2D eigenvalue weighted by Crippen LogP contribution is -3.00. The number of fused-ring (bicyclic) bond motifs is 3. The summed E-state index contributed by atoms with van der Waals surface area (Å²) in [6.07, 6.45) is 1.53. The molecular formula is C17H13ClN3O2-. The number of aromatic nitrogens is 2. The Balaban J connectivity index is 0.00000156. The van der Waals surface area contributed by atoms with Crippen molar-refractivity contribution in [3.63, 3.8) is 0 Å². The summed E-state index contributed by atoms with van der Waals surface area (Å²) in [5.74, 6) is 1.36. The Morgan fingerprint density at radius 2 is 1.78 bits per heavy atom. The van der Waals surface area contributed by atoms with Crippen molar-refractivity contribution in [1.82, 2.24) is 9.97 Å². The molecule has 0 saturated carbocycles.